The second kappa shape index (κ2) is 6.16. The van der Waals surface area contributed by atoms with Gasteiger partial charge in [-0.05, 0) is 24.3 Å². The van der Waals surface area contributed by atoms with E-state index < -0.39 is 49.9 Å². The Kier molecular flexibility index (Phi) is 4.45. The minimum Gasteiger partial charge on any atom is -0.407 e. The number of benzene rings is 2. The van der Waals surface area contributed by atoms with E-state index >= 15 is 0 Å². The molecular weight excluding hydrogens is 337 g/mol. The van der Waals surface area contributed by atoms with Crippen LogP contribution in [-0.4, -0.2) is 14.5 Å². The normalized spacial score (nSPS) is 11.1. The zero-order valence-corrected chi connectivity index (χ0v) is 12.0. The van der Waals surface area contributed by atoms with Crippen molar-refractivity contribution in [3.63, 3.8) is 0 Å². The Labute approximate surface area is 128 Å². The molecule has 0 bridgehead atoms. The van der Waals surface area contributed by atoms with Crippen LogP contribution in [-0.2, 0) is 10.0 Å². The first-order valence-electron chi connectivity index (χ1n) is 5.95. The molecule has 1 amide bonds. The topological polar surface area (TPSA) is 98.5 Å². The molecule has 0 radical (unpaired) electrons. The van der Waals surface area contributed by atoms with E-state index in [1.807, 2.05) is 0 Å². The number of sulfonamides is 1. The first kappa shape index (κ1) is 16.6. The van der Waals surface area contributed by atoms with E-state index in [4.69, 9.17) is 5.73 Å². The Morgan fingerprint density at radius 1 is 1.04 bits per heavy atom. The van der Waals surface area contributed by atoms with Crippen molar-refractivity contribution >= 4 is 21.8 Å². The summed E-state index contributed by atoms with van der Waals surface area (Å²) in [7, 11) is -4.75. The molecule has 6 nitrogen and oxygen atoms in total. The molecule has 0 atom stereocenters. The van der Waals surface area contributed by atoms with Crippen molar-refractivity contribution < 1.29 is 31.1 Å². The van der Waals surface area contributed by atoms with Crippen LogP contribution in [0.25, 0.3) is 0 Å². The van der Waals surface area contributed by atoms with Gasteiger partial charge in [-0.3, -0.25) is 4.72 Å². The lowest BCUT2D eigenvalue weighted by atomic mass is 10.3. The van der Waals surface area contributed by atoms with E-state index in [-0.39, 0.29) is 0 Å². The molecule has 2 aromatic carbocycles. The number of carbonyl (C=O) groups is 1. The molecule has 23 heavy (non-hydrogen) atoms. The third-order valence-electron chi connectivity index (χ3n) is 2.61. The van der Waals surface area contributed by atoms with Crippen molar-refractivity contribution in [3.05, 3.63) is 53.8 Å². The molecule has 0 spiro atoms. The summed E-state index contributed by atoms with van der Waals surface area (Å²) in [6, 6.07) is 5.59. The quantitative estimate of drug-likeness (QED) is 0.888. The maximum atomic E-state index is 14.0. The number of rotatable bonds is 4. The first-order chi connectivity index (χ1) is 10.7. The van der Waals surface area contributed by atoms with Gasteiger partial charge in [0, 0.05) is 0 Å². The number of hydrogen-bond acceptors (Lipinski definition) is 4. The van der Waals surface area contributed by atoms with Crippen molar-refractivity contribution in [2.75, 3.05) is 4.72 Å². The number of hydrogen-bond donors (Lipinski definition) is 2. The van der Waals surface area contributed by atoms with Crippen LogP contribution in [0.4, 0.5) is 23.7 Å². The van der Waals surface area contributed by atoms with Gasteiger partial charge in [-0.1, -0.05) is 12.1 Å². The maximum Gasteiger partial charge on any atom is 0.410 e. The molecule has 0 unspecified atom stereocenters. The number of amides is 1. The van der Waals surface area contributed by atoms with Crippen molar-refractivity contribution in [3.8, 4) is 5.75 Å². The fraction of sp³-hybridized carbons (Fsp3) is 0. The molecule has 0 aliphatic rings. The number of carbonyl (C=O) groups excluding carboxylic acids is 1. The van der Waals surface area contributed by atoms with Crippen LogP contribution in [0.15, 0.2) is 41.3 Å². The van der Waals surface area contributed by atoms with Gasteiger partial charge in [-0.2, -0.15) is 0 Å². The summed E-state index contributed by atoms with van der Waals surface area (Å²) in [5, 5.41) is 0. The zero-order valence-electron chi connectivity index (χ0n) is 11.2. The number of nitrogens with one attached hydrogen (secondary N) is 1. The highest BCUT2D eigenvalue weighted by Gasteiger charge is 2.25. The van der Waals surface area contributed by atoms with Crippen molar-refractivity contribution in [1.82, 2.24) is 0 Å². The van der Waals surface area contributed by atoms with Crippen LogP contribution in [0.2, 0.25) is 0 Å². The number of nitrogens with two attached hydrogens (primary N) is 1. The molecule has 3 N–H and O–H groups in total. The molecule has 0 heterocycles. The predicted molar refractivity (Wildman–Crippen MR) is 73.8 cm³/mol. The molecule has 2 rings (SSSR count). The monoisotopic (exact) mass is 346 g/mol. The SMILES string of the molecule is NC(=O)Oc1cccc(NS(=O)(=O)c2c(F)cccc2F)c1F. The third kappa shape index (κ3) is 3.54. The zero-order chi connectivity index (χ0) is 17.2. The Hall–Kier alpha value is -2.75. The fourth-order valence-corrected chi connectivity index (χ4v) is 2.91. The summed E-state index contributed by atoms with van der Waals surface area (Å²) < 4.78 is 71.3. The molecular formula is C13H9F3N2O4S. The predicted octanol–water partition coefficient (Wildman–Crippen LogP) is 2.36. The van der Waals surface area contributed by atoms with Crippen LogP contribution in [0, 0.1) is 17.5 Å². The highest BCUT2D eigenvalue weighted by molar-refractivity contribution is 7.92. The highest BCUT2D eigenvalue weighted by atomic mass is 32.2. The molecule has 2 aromatic rings. The van der Waals surface area contributed by atoms with E-state index in [9.17, 15) is 26.4 Å². The van der Waals surface area contributed by atoms with Gasteiger partial charge in [0.1, 0.15) is 11.6 Å². The van der Waals surface area contributed by atoms with Gasteiger partial charge >= 0.3 is 6.09 Å². The van der Waals surface area contributed by atoms with Gasteiger partial charge < -0.3 is 10.5 Å². The van der Waals surface area contributed by atoms with E-state index in [1.165, 1.54) is 0 Å². The number of ether oxygens (including phenoxy) is 1. The van der Waals surface area contributed by atoms with Crippen LogP contribution in [0.3, 0.4) is 0 Å². The molecule has 0 fully saturated rings. The van der Waals surface area contributed by atoms with Crippen LogP contribution in [0.1, 0.15) is 0 Å². The summed E-state index contributed by atoms with van der Waals surface area (Å²) in [6.07, 6.45) is -1.32. The van der Waals surface area contributed by atoms with Crippen LogP contribution < -0.4 is 15.2 Å². The van der Waals surface area contributed by atoms with E-state index in [2.05, 4.69) is 4.74 Å². The maximum absolute atomic E-state index is 14.0. The smallest absolute Gasteiger partial charge is 0.407 e. The molecule has 0 aliphatic heterocycles. The van der Waals surface area contributed by atoms with Crippen LogP contribution in [0.5, 0.6) is 5.75 Å². The summed E-state index contributed by atoms with van der Waals surface area (Å²) in [4.78, 5) is 9.36. The van der Waals surface area contributed by atoms with E-state index in [0.717, 1.165) is 36.4 Å². The Morgan fingerprint density at radius 2 is 1.61 bits per heavy atom. The van der Waals surface area contributed by atoms with E-state index in [0.29, 0.717) is 0 Å². The van der Waals surface area contributed by atoms with Crippen molar-refractivity contribution in [2.24, 2.45) is 5.73 Å². The van der Waals surface area contributed by atoms with Gasteiger partial charge in [0.05, 0.1) is 5.69 Å². The number of halogens is 3. The summed E-state index contributed by atoms with van der Waals surface area (Å²) in [6.45, 7) is 0. The van der Waals surface area contributed by atoms with Gasteiger partial charge in [0.15, 0.2) is 16.5 Å². The average Bonchev–Trinajstić information content (AvgIpc) is 2.42. The highest BCUT2D eigenvalue weighted by Crippen LogP contribution is 2.28. The lowest BCUT2D eigenvalue weighted by Gasteiger charge is -2.11. The lowest BCUT2D eigenvalue weighted by molar-refractivity contribution is 0.209. The summed E-state index contributed by atoms with van der Waals surface area (Å²) in [5.74, 6) is -4.61. The molecule has 0 saturated carbocycles. The van der Waals surface area contributed by atoms with Gasteiger partial charge in [-0.15, -0.1) is 0 Å². The first-order valence-corrected chi connectivity index (χ1v) is 7.43. The summed E-state index contributed by atoms with van der Waals surface area (Å²) in [5.41, 5.74) is 4.06. The van der Waals surface area contributed by atoms with Gasteiger partial charge in [-0.25, -0.2) is 26.4 Å². The Balaban J connectivity index is 2.44. The van der Waals surface area contributed by atoms with E-state index in [1.54, 1.807) is 4.72 Å². The fourth-order valence-electron chi connectivity index (χ4n) is 1.71. The van der Waals surface area contributed by atoms with Crippen LogP contribution >= 0.6 is 0 Å². The molecule has 0 aliphatic carbocycles. The number of primary amides is 1. The summed E-state index contributed by atoms with van der Waals surface area (Å²) >= 11 is 0. The molecule has 0 aromatic heterocycles. The molecule has 0 saturated heterocycles. The average molecular weight is 346 g/mol. The van der Waals surface area contributed by atoms with Gasteiger partial charge in [0.2, 0.25) is 0 Å². The second-order valence-electron chi connectivity index (χ2n) is 4.20. The minimum absolute atomic E-state index is 0.647. The second-order valence-corrected chi connectivity index (χ2v) is 5.81. The number of anilines is 1. The largest absolute Gasteiger partial charge is 0.410 e. The minimum atomic E-state index is -4.75. The van der Waals surface area contributed by atoms with Gasteiger partial charge in [0.25, 0.3) is 10.0 Å². The lowest BCUT2D eigenvalue weighted by Crippen LogP contribution is -2.19. The molecule has 10 heteroatoms. The van der Waals surface area contributed by atoms with Crippen molar-refractivity contribution in [2.45, 2.75) is 4.90 Å². The third-order valence-corrected chi connectivity index (χ3v) is 4.02. The standard InChI is InChI=1S/C13H9F3N2O4S/c14-7-3-1-4-8(15)12(7)23(20,21)18-9-5-2-6-10(11(9)16)22-13(17)19/h1-6,18H,(H2,17,19). The Morgan fingerprint density at radius 3 is 2.17 bits per heavy atom. The van der Waals surface area contributed by atoms with Crippen molar-refractivity contribution in [1.29, 1.82) is 0 Å². The Bertz CT molecular complexity index is 851. The molecule has 122 valence electrons.